The molecule has 0 spiro atoms. The first-order valence-electron chi connectivity index (χ1n) is 5.98. The fourth-order valence-electron chi connectivity index (χ4n) is 1.68. The second-order valence-electron chi connectivity index (χ2n) is 4.60. The Morgan fingerprint density at radius 3 is 2.33 bits per heavy atom. The molecule has 18 heavy (non-hydrogen) atoms. The standard InChI is InChI=1S/C14H21NO3/c1-9(2)14(15)11(16)7-10-5-6-12(17-3)13(8-10)18-4/h5-6,8-9,14H,7,15H2,1-4H3. The Morgan fingerprint density at radius 2 is 1.83 bits per heavy atom. The minimum Gasteiger partial charge on any atom is -0.493 e. The quantitative estimate of drug-likeness (QED) is 0.837. The van der Waals surface area contributed by atoms with E-state index in [1.807, 2.05) is 26.0 Å². The minimum absolute atomic E-state index is 0.0391. The molecule has 1 aromatic carbocycles. The molecule has 0 radical (unpaired) electrons. The van der Waals surface area contributed by atoms with Gasteiger partial charge in [0.15, 0.2) is 17.3 Å². The van der Waals surface area contributed by atoms with Gasteiger partial charge in [0.25, 0.3) is 0 Å². The number of benzene rings is 1. The predicted molar refractivity (Wildman–Crippen MR) is 71.1 cm³/mol. The molecular weight excluding hydrogens is 230 g/mol. The summed E-state index contributed by atoms with van der Waals surface area (Å²) in [5.74, 6) is 1.47. The molecule has 0 aromatic heterocycles. The fourth-order valence-corrected chi connectivity index (χ4v) is 1.68. The van der Waals surface area contributed by atoms with Crippen molar-refractivity contribution >= 4 is 5.78 Å². The molecule has 1 unspecified atom stereocenters. The van der Waals surface area contributed by atoms with Gasteiger partial charge in [-0.25, -0.2) is 0 Å². The monoisotopic (exact) mass is 251 g/mol. The summed E-state index contributed by atoms with van der Waals surface area (Å²) in [6.07, 6.45) is 0.319. The molecule has 0 saturated heterocycles. The third kappa shape index (κ3) is 3.47. The number of carbonyl (C=O) groups excluding carboxylic acids is 1. The Bertz CT molecular complexity index is 416. The van der Waals surface area contributed by atoms with E-state index in [-0.39, 0.29) is 11.7 Å². The van der Waals surface area contributed by atoms with E-state index in [9.17, 15) is 4.79 Å². The molecule has 0 aliphatic carbocycles. The van der Waals surface area contributed by atoms with E-state index >= 15 is 0 Å². The van der Waals surface area contributed by atoms with Crippen LogP contribution in [-0.2, 0) is 11.2 Å². The minimum atomic E-state index is -0.418. The Morgan fingerprint density at radius 1 is 1.22 bits per heavy atom. The van der Waals surface area contributed by atoms with Crippen LogP contribution in [0.1, 0.15) is 19.4 Å². The summed E-state index contributed by atoms with van der Waals surface area (Å²) in [5.41, 5.74) is 6.71. The summed E-state index contributed by atoms with van der Waals surface area (Å²) >= 11 is 0. The lowest BCUT2D eigenvalue weighted by Gasteiger charge is -2.15. The zero-order valence-electron chi connectivity index (χ0n) is 11.4. The summed E-state index contributed by atoms with van der Waals surface area (Å²) < 4.78 is 10.3. The highest BCUT2D eigenvalue weighted by atomic mass is 16.5. The van der Waals surface area contributed by atoms with Gasteiger partial charge < -0.3 is 15.2 Å². The maximum atomic E-state index is 11.9. The maximum absolute atomic E-state index is 11.9. The average molecular weight is 251 g/mol. The third-order valence-corrected chi connectivity index (χ3v) is 2.92. The predicted octanol–water partition coefficient (Wildman–Crippen LogP) is 1.80. The largest absolute Gasteiger partial charge is 0.493 e. The Hall–Kier alpha value is -1.55. The topological polar surface area (TPSA) is 61.5 Å². The Labute approximate surface area is 108 Å². The number of methoxy groups -OCH3 is 2. The summed E-state index contributed by atoms with van der Waals surface area (Å²) in [6.45, 7) is 3.88. The van der Waals surface area contributed by atoms with Crippen molar-refractivity contribution in [2.45, 2.75) is 26.3 Å². The molecule has 4 heteroatoms. The van der Waals surface area contributed by atoms with Crippen LogP contribution in [0.25, 0.3) is 0 Å². The molecule has 0 aliphatic heterocycles. The van der Waals surface area contributed by atoms with Crippen LogP contribution in [-0.4, -0.2) is 26.0 Å². The van der Waals surface area contributed by atoms with Gasteiger partial charge in [-0.1, -0.05) is 19.9 Å². The molecule has 0 aliphatic rings. The first kappa shape index (κ1) is 14.5. The van der Waals surface area contributed by atoms with Crippen molar-refractivity contribution in [2.75, 3.05) is 14.2 Å². The molecule has 0 heterocycles. The molecule has 100 valence electrons. The van der Waals surface area contributed by atoms with Crippen LogP contribution >= 0.6 is 0 Å². The average Bonchev–Trinajstić information content (AvgIpc) is 2.37. The van der Waals surface area contributed by atoms with Crippen LogP contribution in [0.5, 0.6) is 11.5 Å². The van der Waals surface area contributed by atoms with Crippen molar-refractivity contribution in [2.24, 2.45) is 11.7 Å². The van der Waals surface area contributed by atoms with E-state index < -0.39 is 6.04 Å². The zero-order valence-corrected chi connectivity index (χ0v) is 11.4. The highest BCUT2D eigenvalue weighted by Crippen LogP contribution is 2.27. The maximum Gasteiger partial charge on any atom is 0.161 e. The summed E-state index contributed by atoms with van der Waals surface area (Å²) in [4.78, 5) is 11.9. The SMILES string of the molecule is COc1ccc(CC(=O)C(N)C(C)C)cc1OC. The molecule has 1 rings (SSSR count). The number of nitrogens with two attached hydrogens (primary N) is 1. The zero-order chi connectivity index (χ0) is 13.7. The van der Waals surface area contributed by atoms with Crippen molar-refractivity contribution in [3.8, 4) is 11.5 Å². The van der Waals surface area contributed by atoms with Crippen LogP contribution < -0.4 is 15.2 Å². The van der Waals surface area contributed by atoms with Crippen molar-refractivity contribution in [3.63, 3.8) is 0 Å². The number of hydrogen-bond acceptors (Lipinski definition) is 4. The lowest BCUT2D eigenvalue weighted by atomic mass is 9.96. The molecule has 2 N–H and O–H groups in total. The van der Waals surface area contributed by atoms with Crippen molar-refractivity contribution in [1.29, 1.82) is 0 Å². The van der Waals surface area contributed by atoms with Crippen LogP contribution in [0.3, 0.4) is 0 Å². The first-order chi connectivity index (χ1) is 8.49. The van der Waals surface area contributed by atoms with E-state index in [2.05, 4.69) is 0 Å². The van der Waals surface area contributed by atoms with E-state index in [0.717, 1.165) is 5.56 Å². The summed E-state index contributed by atoms with van der Waals surface area (Å²) in [6, 6.07) is 5.04. The number of rotatable bonds is 6. The second kappa shape index (κ2) is 6.40. The summed E-state index contributed by atoms with van der Waals surface area (Å²) in [7, 11) is 3.15. The Kier molecular flexibility index (Phi) is 5.16. The highest BCUT2D eigenvalue weighted by Gasteiger charge is 2.18. The number of Topliss-reactive ketones (excluding diaryl/α,β-unsaturated/α-hetero) is 1. The third-order valence-electron chi connectivity index (χ3n) is 2.92. The smallest absolute Gasteiger partial charge is 0.161 e. The van der Waals surface area contributed by atoms with Gasteiger partial charge in [-0.05, 0) is 23.6 Å². The van der Waals surface area contributed by atoms with Crippen molar-refractivity contribution in [1.82, 2.24) is 0 Å². The molecule has 0 saturated carbocycles. The van der Waals surface area contributed by atoms with Gasteiger partial charge in [0, 0.05) is 6.42 Å². The van der Waals surface area contributed by atoms with E-state index in [1.54, 1.807) is 20.3 Å². The number of hydrogen-bond donors (Lipinski definition) is 1. The van der Waals surface area contributed by atoms with E-state index in [4.69, 9.17) is 15.2 Å². The Balaban J connectivity index is 2.82. The van der Waals surface area contributed by atoms with Crippen LogP contribution in [0.2, 0.25) is 0 Å². The fraction of sp³-hybridized carbons (Fsp3) is 0.500. The lowest BCUT2D eigenvalue weighted by molar-refractivity contribution is -0.120. The number of ketones is 1. The van der Waals surface area contributed by atoms with Gasteiger partial charge in [0.2, 0.25) is 0 Å². The van der Waals surface area contributed by atoms with Gasteiger partial charge in [-0.15, -0.1) is 0 Å². The van der Waals surface area contributed by atoms with Crippen molar-refractivity contribution < 1.29 is 14.3 Å². The number of ether oxygens (including phenoxy) is 2. The summed E-state index contributed by atoms with van der Waals surface area (Å²) in [5, 5.41) is 0. The molecular formula is C14H21NO3. The molecule has 0 fully saturated rings. The molecule has 0 amide bonds. The van der Waals surface area contributed by atoms with Gasteiger partial charge in [-0.3, -0.25) is 4.79 Å². The first-order valence-corrected chi connectivity index (χ1v) is 5.98. The van der Waals surface area contributed by atoms with Crippen LogP contribution in [0.4, 0.5) is 0 Å². The van der Waals surface area contributed by atoms with Gasteiger partial charge >= 0.3 is 0 Å². The molecule has 4 nitrogen and oxygen atoms in total. The normalized spacial score (nSPS) is 12.3. The van der Waals surface area contributed by atoms with Gasteiger partial charge in [-0.2, -0.15) is 0 Å². The van der Waals surface area contributed by atoms with E-state index in [1.165, 1.54) is 0 Å². The van der Waals surface area contributed by atoms with Gasteiger partial charge in [0.1, 0.15) is 0 Å². The van der Waals surface area contributed by atoms with Crippen LogP contribution in [0, 0.1) is 5.92 Å². The van der Waals surface area contributed by atoms with E-state index in [0.29, 0.717) is 17.9 Å². The highest BCUT2D eigenvalue weighted by molar-refractivity contribution is 5.86. The van der Waals surface area contributed by atoms with Crippen molar-refractivity contribution in [3.05, 3.63) is 23.8 Å². The number of carbonyl (C=O) groups is 1. The lowest BCUT2D eigenvalue weighted by Crippen LogP contribution is -2.36. The van der Waals surface area contributed by atoms with Gasteiger partial charge in [0.05, 0.1) is 20.3 Å². The molecule has 1 atom stereocenters. The van der Waals surface area contributed by atoms with Crippen LogP contribution in [0.15, 0.2) is 18.2 Å². The second-order valence-corrected chi connectivity index (χ2v) is 4.60. The molecule has 1 aromatic rings. The molecule has 0 bridgehead atoms.